The number of pyridine rings is 1. The average molecular weight is 377 g/mol. The molecule has 0 amide bonds. The van der Waals surface area contributed by atoms with Gasteiger partial charge in [0.2, 0.25) is 0 Å². The first-order valence-electron chi connectivity index (χ1n) is 5.96. The van der Waals surface area contributed by atoms with Gasteiger partial charge >= 0.3 is 5.97 Å². The number of halogens is 3. The predicted molar refractivity (Wildman–Crippen MR) is 78.0 cm³/mol. The molecule has 110 valence electrons. The number of ether oxygens (including phenoxy) is 1. The van der Waals surface area contributed by atoms with Gasteiger partial charge < -0.3 is 9.84 Å². The quantitative estimate of drug-likeness (QED) is 0.776. The molecule has 0 spiro atoms. The molecule has 1 aromatic heterocycles. The van der Waals surface area contributed by atoms with Gasteiger partial charge in [-0.25, -0.2) is 9.18 Å². The lowest BCUT2D eigenvalue weighted by Crippen LogP contribution is -2.34. The molecule has 0 saturated carbocycles. The highest BCUT2D eigenvalue weighted by molar-refractivity contribution is 9.10. The molecule has 1 atom stereocenters. The molecule has 0 radical (unpaired) electrons. The van der Waals surface area contributed by atoms with Gasteiger partial charge in [-0.3, -0.25) is 9.36 Å². The van der Waals surface area contributed by atoms with Crippen LogP contribution in [-0.2, 0) is 0 Å². The van der Waals surface area contributed by atoms with Crippen LogP contribution in [0.2, 0.25) is 5.02 Å². The minimum atomic E-state index is -1.38. The van der Waals surface area contributed by atoms with E-state index in [2.05, 4.69) is 15.9 Å². The van der Waals surface area contributed by atoms with E-state index in [1.807, 2.05) is 0 Å². The Morgan fingerprint density at radius 2 is 2.29 bits per heavy atom. The number of nitrogens with zero attached hydrogens (tertiary/aromatic N) is 1. The van der Waals surface area contributed by atoms with Crippen molar-refractivity contribution in [2.24, 2.45) is 0 Å². The molecule has 1 aliphatic rings. The van der Waals surface area contributed by atoms with Gasteiger partial charge in [0, 0.05) is 5.39 Å². The highest BCUT2D eigenvalue weighted by Crippen LogP contribution is 2.43. The molecule has 1 aliphatic heterocycles. The fourth-order valence-corrected chi connectivity index (χ4v) is 3.29. The van der Waals surface area contributed by atoms with Crippen molar-refractivity contribution in [1.82, 2.24) is 4.57 Å². The molecule has 1 aromatic carbocycles. The molecular formula is C13H8BrClFNO4. The maximum Gasteiger partial charge on any atom is 0.341 e. The number of hydrogen-bond acceptors (Lipinski definition) is 3. The monoisotopic (exact) mass is 375 g/mol. The lowest BCUT2D eigenvalue weighted by atomic mass is 10.1. The van der Waals surface area contributed by atoms with Crippen molar-refractivity contribution >= 4 is 44.4 Å². The second-order valence-corrected chi connectivity index (χ2v) is 5.90. The zero-order valence-corrected chi connectivity index (χ0v) is 13.0. The van der Waals surface area contributed by atoms with Crippen molar-refractivity contribution in [2.45, 2.75) is 13.0 Å². The minimum Gasteiger partial charge on any atom is -0.488 e. The number of aromatic nitrogens is 1. The third kappa shape index (κ3) is 1.87. The molecule has 0 bridgehead atoms. The summed E-state index contributed by atoms with van der Waals surface area (Å²) >= 11 is 9.02. The Kier molecular flexibility index (Phi) is 3.22. The molecule has 3 rings (SSSR count). The number of hydrogen-bond donors (Lipinski definition) is 1. The van der Waals surface area contributed by atoms with Crippen molar-refractivity contribution in [3.63, 3.8) is 0 Å². The Hall–Kier alpha value is -1.60. The van der Waals surface area contributed by atoms with Gasteiger partial charge in [-0.1, -0.05) is 11.6 Å². The van der Waals surface area contributed by atoms with Crippen LogP contribution in [0.5, 0.6) is 5.75 Å². The summed E-state index contributed by atoms with van der Waals surface area (Å²) in [6, 6.07) is 0.694. The van der Waals surface area contributed by atoms with Gasteiger partial charge in [-0.15, -0.1) is 0 Å². The van der Waals surface area contributed by atoms with E-state index < -0.39 is 22.9 Å². The van der Waals surface area contributed by atoms with Gasteiger partial charge in [0.05, 0.1) is 21.1 Å². The van der Waals surface area contributed by atoms with Crippen molar-refractivity contribution in [3.8, 4) is 5.75 Å². The van der Waals surface area contributed by atoms with E-state index in [9.17, 15) is 14.0 Å². The van der Waals surface area contributed by atoms with Gasteiger partial charge in [0.15, 0.2) is 11.6 Å². The summed E-state index contributed by atoms with van der Waals surface area (Å²) < 4.78 is 20.9. The Bertz CT molecular complexity index is 864. The fourth-order valence-electron chi connectivity index (χ4n) is 2.44. The highest BCUT2D eigenvalue weighted by atomic mass is 79.9. The molecule has 0 saturated heterocycles. The molecule has 21 heavy (non-hydrogen) atoms. The Labute approximate surface area is 131 Å². The molecule has 0 unspecified atom stereocenters. The molecule has 2 heterocycles. The molecule has 2 aromatic rings. The smallest absolute Gasteiger partial charge is 0.341 e. The van der Waals surface area contributed by atoms with Gasteiger partial charge in [-0.05, 0) is 28.9 Å². The lowest BCUT2D eigenvalue weighted by Gasteiger charge is -2.27. The van der Waals surface area contributed by atoms with E-state index in [-0.39, 0.29) is 33.3 Å². The van der Waals surface area contributed by atoms with E-state index in [1.54, 1.807) is 6.92 Å². The zero-order valence-electron chi connectivity index (χ0n) is 10.6. The Morgan fingerprint density at radius 1 is 1.62 bits per heavy atom. The highest BCUT2D eigenvalue weighted by Gasteiger charge is 2.29. The fraction of sp³-hybridized carbons (Fsp3) is 0.231. The first-order valence-corrected chi connectivity index (χ1v) is 7.13. The summed E-state index contributed by atoms with van der Waals surface area (Å²) in [5.41, 5.74) is -0.825. The summed E-state index contributed by atoms with van der Waals surface area (Å²) in [6.07, 6.45) is 0. The third-order valence-electron chi connectivity index (χ3n) is 3.41. The summed E-state index contributed by atoms with van der Waals surface area (Å²) in [5.74, 6) is -1.99. The van der Waals surface area contributed by atoms with E-state index >= 15 is 0 Å². The maximum absolute atomic E-state index is 14.1. The number of carbonyl (C=O) groups is 1. The van der Waals surface area contributed by atoms with Crippen LogP contribution in [0, 0.1) is 5.82 Å². The van der Waals surface area contributed by atoms with Gasteiger partial charge in [0.25, 0.3) is 5.56 Å². The van der Waals surface area contributed by atoms with Crippen molar-refractivity contribution in [1.29, 1.82) is 0 Å². The van der Waals surface area contributed by atoms with Crippen LogP contribution in [0.3, 0.4) is 0 Å². The van der Waals surface area contributed by atoms with Gasteiger partial charge in [0.1, 0.15) is 12.2 Å². The van der Waals surface area contributed by atoms with E-state index in [1.165, 1.54) is 4.57 Å². The van der Waals surface area contributed by atoms with Crippen LogP contribution in [0.25, 0.3) is 10.9 Å². The molecule has 1 N–H and O–H groups in total. The van der Waals surface area contributed by atoms with E-state index in [4.69, 9.17) is 21.4 Å². The zero-order chi connectivity index (χ0) is 15.5. The second-order valence-electron chi connectivity index (χ2n) is 4.73. The maximum atomic E-state index is 14.1. The first-order chi connectivity index (χ1) is 9.84. The van der Waals surface area contributed by atoms with Gasteiger partial charge in [-0.2, -0.15) is 0 Å². The summed E-state index contributed by atoms with van der Waals surface area (Å²) in [5, 5.41) is 9.02. The second kappa shape index (κ2) is 4.71. The Balaban J connectivity index is 2.63. The third-order valence-corrected chi connectivity index (χ3v) is 4.49. The first kappa shape index (κ1) is 14.3. The van der Waals surface area contributed by atoms with Crippen LogP contribution >= 0.6 is 27.5 Å². The summed E-state index contributed by atoms with van der Waals surface area (Å²) in [4.78, 5) is 23.5. The Morgan fingerprint density at radius 3 is 2.90 bits per heavy atom. The molecule has 8 heteroatoms. The van der Waals surface area contributed by atoms with Crippen molar-refractivity contribution < 1.29 is 19.0 Å². The largest absolute Gasteiger partial charge is 0.488 e. The number of carboxylic acids is 1. The SMILES string of the molecule is C[C@H]1COc2c(Br)c(F)c(Cl)c3cc(C(=O)O)c(=O)n1c23. The van der Waals surface area contributed by atoms with Crippen LogP contribution in [-0.4, -0.2) is 22.2 Å². The number of carboxylic acid groups (broad SMARTS) is 1. The minimum absolute atomic E-state index is 0.0168. The molecular weight excluding hydrogens is 369 g/mol. The number of aromatic carboxylic acids is 1. The van der Waals surface area contributed by atoms with Crippen LogP contribution in [0.4, 0.5) is 4.39 Å². The molecule has 0 aliphatic carbocycles. The normalized spacial score (nSPS) is 16.9. The van der Waals surface area contributed by atoms with Crippen LogP contribution < -0.4 is 10.3 Å². The average Bonchev–Trinajstić information content (AvgIpc) is 2.44. The molecule has 5 nitrogen and oxygen atoms in total. The predicted octanol–water partition coefficient (Wildman–Crippen LogP) is 3.21. The molecule has 0 fully saturated rings. The number of rotatable bonds is 1. The summed E-state index contributed by atoms with van der Waals surface area (Å²) in [6.45, 7) is 1.84. The lowest BCUT2D eigenvalue weighted by molar-refractivity contribution is 0.0694. The van der Waals surface area contributed by atoms with Crippen LogP contribution in [0.1, 0.15) is 23.3 Å². The van der Waals surface area contributed by atoms with E-state index in [0.29, 0.717) is 5.52 Å². The van der Waals surface area contributed by atoms with E-state index in [0.717, 1.165) is 6.07 Å². The topological polar surface area (TPSA) is 68.5 Å². The summed E-state index contributed by atoms with van der Waals surface area (Å²) in [7, 11) is 0. The van der Waals surface area contributed by atoms with Crippen LogP contribution in [0.15, 0.2) is 15.3 Å². The van der Waals surface area contributed by atoms with Crippen molar-refractivity contribution in [2.75, 3.05) is 6.61 Å². The van der Waals surface area contributed by atoms with Crippen molar-refractivity contribution in [3.05, 3.63) is 37.3 Å². The number of benzene rings is 1. The standard InChI is InChI=1S/C13H8BrClFNO4/c1-4-3-21-11-7(14)9(16)8(15)5-2-6(13(19)20)12(18)17(4)10(5)11/h2,4H,3H2,1H3,(H,19,20)/t4-/m0/s1.